The molecule has 35 heavy (non-hydrogen) atoms. The minimum absolute atomic E-state index is 0.0977. The Hall–Kier alpha value is -0.430. The van der Waals surface area contributed by atoms with Crippen molar-refractivity contribution in [3.8, 4) is 0 Å². The molecule has 0 spiro atoms. The molecular weight excluding hydrogens is 493 g/mol. The average molecular weight is 528 g/mol. The normalized spacial score (nSPS) is 31.2. The first-order valence-electron chi connectivity index (χ1n) is 11.8. The average Bonchev–Trinajstić information content (AvgIpc) is 2.80. The van der Waals surface area contributed by atoms with Gasteiger partial charge in [-0.2, -0.15) is 0 Å². The summed E-state index contributed by atoms with van der Waals surface area (Å²) in [5.74, 6) is -0.00499. The molecule has 0 aliphatic carbocycles. The fourth-order valence-corrected chi connectivity index (χ4v) is 7.46. The van der Waals surface area contributed by atoms with Gasteiger partial charge in [0.05, 0.1) is 31.2 Å². The fourth-order valence-electron chi connectivity index (χ4n) is 4.46. The highest BCUT2D eigenvalue weighted by atomic mass is 32.2. The molecule has 3 saturated heterocycles. The molecule has 0 saturated carbocycles. The van der Waals surface area contributed by atoms with Crippen LogP contribution in [0.15, 0.2) is 0 Å². The summed E-state index contributed by atoms with van der Waals surface area (Å²) in [6.07, 6.45) is -0.675. The summed E-state index contributed by atoms with van der Waals surface area (Å²) in [5, 5.41) is -0.0977. The molecule has 15 heteroatoms. The van der Waals surface area contributed by atoms with E-state index in [2.05, 4.69) is 4.90 Å². The van der Waals surface area contributed by atoms with Crippen molar-refractivity contribution in [3.63, 3.8) is 0 Å². The zero-order chi connectivity index (χ0) is 25.6. The first kappa shape index (κ1) is 29.1. The van der Waals surface area contributed by atoms with Gasteiger partial charge in [-0.05, 0) is 7.05 Å². The van der Waals surface area contributed by atoms with Crippen molar-refractivity contribution in [3.05, 3.63) is 0 Å². The molecule has 3 aliphatic heterocycles. The van der Waals surface area contributed by atoms with E-state index in [1.165, 1.54) is 6.92 Å². The summed E-state index contributed by atoms with van der Waals surface area (Å²) in [6, 6.07) is -1.08. The molecule has 4 radical (unpaired) electrons. The second-order valence-corrected chi connectivity index (χ2v) is 12.6. The molecule has 11 nitrogen and oxygen atoms in total. The number of piperazine rings is 1. The Kier molecular flexibility index (Phi) is 11.1. The van der Waals surface area contributed by atoms with E-state index in [4.69, 9.17) is 34.4 Å². The van der Waals surface area contributed by atoms with Gasteiger partial charge in [0.1, 0.15) is 15.7 Å². The molecule has 1 amide bonds. The zero-order valence-electron chi connectivity index (χ0n) is 20.7. The number of ether oxygens (including phenoxy) is 3. The molecule has 3 fully saturated rings. The number of likely N-dealkylation sites (N-methyl/N-ethyl adjacent to an activating group) is 1. The Morgan fingerprint density at radius 2 is 1.60 bits per heavy atom. The van der Waals surface area contributed by atoms with Crippen molar-refractivity contribution in [2.75, 3.05) is 85.5 Å². The second kappa shape index (κ2) is 13.4. The van der Waals surface area contributed by atoms with Crippen molar-refractivity contribution in [2.24, 2.45) is 0 Å². The lowest BCUT2D eigenvalue weighted by Crippen LogP contribution is -2.54. The first-order valence-corrected chi connectivity index (χ1v) is 14.3. The summed E-state index contributed by atoms with van der Waals surface area (Å²) in [6.45, 7) is 5.13. The third-order valence-corrected chi connectivity index (χ3v) is 9.49. The fraction of sp³-hybridized carbons (Fsp3) is 0.900. The highest BCUT2D eigenvalue weighted by Gasteiger charge is 2.45. The van der Waals surface area contributed by atoms with Gasteiger partial charge >= 0.3 is 7.67 Å². The van der Waals surface area contributed by atoms with Crippen LogP contribution in [0.3, 0.4) is 0 Å². The number of hydrogen-bond donors (Lipinski definition) is 0. The van der Waals surface area contributed by atoms with Crippen LogP contribution in [0.2, 0.25) is 0 Å². The van der Waals surface area contributed by atoms with Crippen LogP contribution in [0.1, 0.15) is 6.92 Å². The molecule has 3 aliphatic rings. The van der Waals surface area contributed by atoms with Crippen LogP contribution in [-0.4, -0.2) is 156 Å². The molecule has 0 N–H and O–H groups in total. The standard InChI is InChI=1S/C20H35B2N4O7PS/c1-15(27)35-14-20(28)24-4-6-25(7-5-24)34(29,26-9-17(12-30-3)33-19(22)11-26)31-13-16-8-23(2)10-18(21)32-16/h16-19H,4-14H2,1-3H3. The first-order chi connectivity index (χ1) is 16.6. The lowest BCUT2D eigenvalue weighted by molar-refractivity contribution is -0.129. The molecule has 3 heterocycles. The number of nitrogens with zero attached hydrogens (tertiary/aromatic N) is 4. The summed E-state index contributed by atoms with van der Waals surface area (Å²) in [7, 11) is 12.1. The molecular formula is C20H35B2N4O7PS. The predicted octanol–water partition coefficient (Wildman–Crippen LogP) is -0.798. The Labute approximate surface area is 214 Å². The molecule has 0 aromatic heterocycles. The van der Waals surface area contributed by atoms with Gasteiger partial charge in [-0.3, -0.25) is 14.2 Å². The topological polar surface area (TPSA) is 101 Å². The van der Waals surface area contributed by atoms with Crippen LogP contribution in [0.25, 0.3) is 0 Å². The summed E-state index contributed by atoms with van der Waals surface area (Å²) >= 11 is 0.992. The van der Waals surface area contributed by atoms with Crippen molar-refractivity contribution < 1.29 is 32.9 Å². The van der Waals surface area contributed by atoms with Gasteiger partial charge in [0.25, 0.3) is 0 Å². The van der Waals surface area contributed by atoms with E-state index in [1.807, 2.05) is 7.05 Å². The van der Waals surface area contributed by atoms with Gasteiger partial charge < -0.3 is 28.5 Å². The van der Waals surface area contributed by atoms with Gasteiger partial charge in [0, 0.05) is 78.4 Å². The maximum atomic E-state index is 14.5. The van der Waals surface area contributed by atoms with E-state index in [1.54, 1.807) is 21.4 Å². The molecule has 0 aromatic rings. The van der Waals surface area contributed by atoms with Gasteiger partial charge in [-0.1, -0.05) is 11.8 Å². The number of thioether (sulfide) groups is 1. The van der Waals surface area contributed by atoms with Crippen molar-refractivity contribution in [1.29, 1.82) is 0 Å². The lowest BCUT2D eigenvalue weighted by atomic mass is 9.98. The molecule has 0 aromatic carbocycles. The highest BCUT2D eigenvalue weighted by molar-refractivity contribution is 8.14. The number of hydrogen-bond acceptors (Lipinski definition) is 9. The number of amides is 1. The third-order valence-electron chi connectivity index (χ3n) is 6.05. The van der Waals surface area contributed by atoms with E-state index in [0.29, 0.717) is 52.4 Å². The van der Waals surface area contributed by atoms with Crippen molar-refractivity contribution in [1.82, 2.24) is 19.1 Å². The Morgan fingerprint density at radius 1 is 0.971 bits per heavy atom. The third kappa shape index (κ3) is 8.28. The number of carbonyl (C=O) groups is 2. The quantitative estimate of drug-likeness (QED) is 0.278. The maximum absolute atomic E-state index is 14.5. The van der Waals surface area contributed by atoms with Crippen LogP contribution >= 0.6 is 19.4 Å². The summed E-state index contributed by atoms with van der Waals surface area (Å²) in [4.78, 5) is 27.4. The summed E-state index contributed by atoms with van der Waals surface area (Å²) < 4.78 is 41.1. The Bertz CT molecular complexity index is 770. The number of carbonyl (C=O) groups excluding carboxylic acids is 2. The van der Waals surface area contributed by atoms with Gasteiger partial charge in [0.15, 0.2) is 5.12 Å². The van der Waals surface area contributed by atoms with E-state index in [0.717, 1.165) is 11.8 Å². The Balaban J connectivity index is 1.70. The van der Waals surface area contributed by atoms with E-state index < -0.39 is 19.7 Å². The van der Waals surface area contributed by atoms with Crippen molar-refractivity contribution in [2.45, 2.75) is 31.1 Å². The molecule has 0 bridgehead atoms. The number of methoxy groups -OCH3 is 1. The molecule has 5 atom stereocenters. The van der Waals surface area contributed by atoms with Crippen LogP contribution < -0.4 is 0 Å². The van der Waals surface area contributed by atoms with Gasteiger partial charge in [0.2, 0.25) is 5.91 Å². The van der Waals surface area contributed by atoms with Gasteiger partial charge in [-0.15, -0.1) is 0 Å². The summed E-state index contributed by atoms with van der Waals surface area (Å²) in [5.41, 5.74) is 0. The molecule has 194 valence electrons. The minimum Gasteiger partial charge on any atom is -0.382 e. The minimum atomic E-state index is -3.55. The zero-order valence-corrected chi connectivity index (χ0v) is 22.5. The maximum Gasteiger partial charge on any atom is 0.346 e. The predicted molar refractivity (Wildman–Crippen MR) is 135 cm³/mol. The second-order valence-electron chi connectivity index (χ2n) is 9.04. The Morgan fingerprint density at radius 3 is 2.20 bits per heavy atom. The smallest absolute Gasteiger partial charge is 0.346 e. The van der Waals surface area contributed by atoms with Gasteiger partial charge in [-0.25, -0.2) is 9.34 Å². The monoisotopic (exact) mass is 528 g/mol. The number of morpholine rings is 2. The van der Waals surface area contributed by atoms with E-state index in [9.17, 15) is 14.2 Å². The highest BCUT2D eigenvalue weighted by Crippen LogP contribution is 2.55. The van der Waals surface area contributed by atoms with Crippen LogP contribution in [0.5, 0.6) is 0 Å². The molecule has 5 unspecified atom stereocenters. The van der Waals surface area contributed by atoms with E-state index >= 15 is 0 Å². The van der Waals surface area contributed by atoms with Crippen molar-refractivity contribution >= 4 is 46.1 Å². The van der Waals surface area contributed by atoms with Crippen LogP contribution in [0.4, 0.5) is 0 Å². The number of rotatable bonds is 9. The van der Waals surface area contributed by atoms with E-state index in [-0.39, 0.29) is 42.1 Å². The van der Waals surface area contributed by atoms with Crippen LogP contribution in [-0.2, 0) is 32.9 Å². The molecule has 3 rings (SSSR count). The van der Waals surface area contributed by atoms with Crippen LogP contribution in [0, 0.1) is 0 Å². The SMILES string of the molecule is [B]C1CN(C)CC(COP(=O)(N2CCN(C(=O)CSC(C)=O)CC2)N2CC([B])OC(COC)C2)O1. The largest absolute Gasteiger partial charge is 0.382 e. The lowest BCUT2D eigenvalue weighted by Gasteiger charge is -2.46.